The smallest absolute Gasteiger partial charge is 0.229 e. The third-order valence-corrected chi connectivity index (χ3v) is 5.89. The minimum absolute atomic E-state index is 0.0830. The van der Waals surface area contributed by atoms with Crippen molar-refractivity contribution in [1.29, 1.82) is 0 Å². The SMILES string of the molecule is COC1(OC)c2ccccc2C(=O)[C@]23O[C@]12[C@H]1C=C[C@H]3C1. The lowest BCUT2D eigenvalue weighted by Crippen LogP contribution is -2.58. The Bertz CT molecular complexity index is 704. The Morgan fingerprint density at radius 1 is 1.14 bits per heavy atom. The van der Waals surface area contributed by atoms with E-state index in [2.05, 4.69) is 12.2 Å². The van der Waals surface area contributed by atoms with E-state index < -0.39 is 17.0 Å². The van der Waals surface area contributed by atoms with Crippen LogP contribution in [0.1, 0.15) is 22.3 Å². The minimum Gasteiger partial charge on any atom is -0.347 e. The minimum atomic E-state index is -1.01. The van der Waals surface area contributed by atoms with E-state index in [0.29, 0.717) is 5.56 Å². The number of fused-ring (bicyclic) bond motifs is 3. The van der Waals surface area contributed by atoms with Gasteiger partial charge in [-0.2, -0.15) is 0 Å². The predicted octanol–water partition coefficient (Wildman–Crippen LogP) is 2.04. The quantitative estimate of drug-likeness (QED) is 0.474. The molecule has 108 valence electrons. The number of methoxy groups -OCH3 is 2. The molecule has 0 amide bonds. The molecule has 1 saturated heterocycles. The zero-order chi connectivity index (χ0) is 14.5. The van der Waals surface area contributed by atoms with E-state index in [1.54, 1.807) is 14.2 Å². The highest BCUT2D eigenvalue weighted by Crippen LogP contribution is 2.77. The van der Waals surface area contributed by atoms with Crippen molar-refractivity contribution in [1.82, 2.24) is 0 Å². The zero-order valence-corrected chi connectivity index (χ0v) is 12.0. The van der Waals surface area contributed by atoms with Crippen molar-refractivity contribution in [3.8, 4) is 0 Å². The van der Waals surface area contributed by atoms with Gasteiger partial charge in [0.15, 0.2) is 17.0 Å². The van der Waals surface area contributed by atoms with Crippen LogP contribution in [0.5, 0.6) is 0 Å². The first-order chi connectivity index (χ1) is 10.2. The number of Topliss-reactive ketones (excluding diaryl/α,β-unsaturated/α-hetero) is 1. The number of carbonyl (C=O) groups is 1. The van der Waals surface area contributed by atoms with Gasteiger partial charge in [-0.3, -0.25) is 4.79 Å². The Hall–Kier alpha value is -1.49. The molecule has 1 aliphatic heterocycles. The molecule has 5 rings (SSSR count). The third-order valence-electron chi connectivity index (χ3n) is 5.89. The first-order valence-electron chi connectivity index (χ1n) is 7.31. The molecule has 2 bridgehead atoms. The van der Waals surface area contributed by atoms with Gasteiger partial charge in [-0.15, -0.1) is 0 Å². The largest absolute Gasteiger partial charge is 0.347 e. The number of hydrogen-bond donors (Lipinski definition) is 0. The summed E-state index contributed by atoms with van der Waals surface area (Å²) in [4.78, 5) is 13.1. The second-order valence-electron chi connectivity index (χ2n) is 6.31. The first-order valence-corrected chi connectivity index (χ1v) is 7.31. The predicted molar refractivity (Wildman–Crippen MR) is 73.8 cm³/mol. The normalized spacial score (nSPS) is 43.4. The van der Waals surface area contributed by atoms with Crippen molar-refractivity contribution in [2.75, 3.05) is 14.2 Å². The van der Waals surface area contributed by atoms with Gasteiger partial charge >= 0.3 is 0 Å². The standard InChI is InChI=1S/C17H16O4/c1-19-17(20-2)13-6-4-3-5-12(13)14(18)15-10-7-8-11(9-10)16(15,17)21-15/h3-8,10-11H,9H2,1-2H3/t10-,11-,15-,16-/m0/s1. The Labute approximate surface area is 122 Å². The molecule has 0 unspecified atom stereocenters. The highest BCUT2D eigenvalue weighted by molar-refractivity contribution is 6.10. The lowest BCUT2D eigenvalue weighted by atomic mass is 9.66. The second kappa shape index (κ2) is 3.29. The van der Waals surface area contributed by atoms with E-state index in [1.165, 1.54) is 0 Å². The molecule has 4 atom stereocenters. The molecule has 3 aliphatic carbocycles. The maximum Gasteiger partial charge on any atom is 0.229 e. The van der Waals surface area contributed by atoms with E-state index in [-0.39, 0.29) is 17.6 Å². The number of hydrogen-bond acceptors (Lipinski definition) is 4. The molecular weight excluding hydrogens is 268 g/mol. The molecule has 1 heterocycles. The Kier molecular flexibility index (Phi) is 1.90. The molecule has 0 aromatic heterocycles. The van der Waals surface area contributed by atoms with Crippen molar-refractivity contribution in [3.63, 3.8) is 0 Å². The molecule has 1 aromatic carbocycles. The molecule has 21 heavy (non-hydrogen) atoms. The van der Waals surface area contributed by atoms with Gasteiger partial charge in [-0.25, -0.2) is 0 Å². The van der Waals surface area contributed by atoms with Crippen molar-refractivity contribution in [2.45, 2.75) is 23.4 Å². The van der Waals surface area contributed by atoms with E-state index in [1.807, 2.05) is 24.3 Å². The van der Waals surface area contributed by atoms with Gasteiger partial charge in [0.25, 0.3) is 0 Å². The Morgan fingerprint density at radius 2 is 1.86 bits per heavy atom. The van der Waals surface area contributed by atoms with E-state index in [0.717, 1.165) is 12.0 Å². The van der Waals surface area contributed by atoms with Crippen molar-refractivity contribution < 1.29 is 19.0 Å². The van der Waals surface area contributed by atoms with Crippen LogP contribution in [0.15, 0.2) is 36.4 Å². The van der Waals surface area contributed by atoms with Crippen LogP contribution in [0.25, 0.3) is 0 Å². The summed E-state index contributed by atoms with van der Waals surface area (Å²) >= 11 is 0. The van der Waals surface area contributed by atoms with Gasteiger partial charge in [0.05, 0.1) is 0 Å². The number of epoxide rings is 1. The monoisotopic (exact) mass is 284 g/mol. The highest BCUT2D eigenvalue weighted by atomic mass is 16.8. The van der Waals surface area contributed by atoms with Crippen molar-refractivity contribution in [2.24, 2.45) is 11.8 Å². The van der Waals surface area contributed by atoms with Crippen LogP contribution in [-0.4, -0.2) is 31.2 Å². The fourth-order valence-corrected chi connectivity index (χ4v) is 5.15. The second-order valence-corrected chi connectivity index (χ2v) is 6.31. The summed E-state index contributed by atoms with van der Waals surface area (Å²) in [6.07, 6.45) is 5.22. The average molecular weight is 284 g/mol. The number of ketones is 1. The van der Waals surface area contributed by atoms with Crippen LogP contribution in [0.2, 0.25) is 0 Å². The van der Waals surface area contributed by atoms with Crippen LogP contribution in [0.3, 0.4) is 0 Å². The number of ether oxygens (including phenoxy) is 3. The molecule has 4 aliphatic rings. The van der Waals surface area contributed by atoms with Crippen molar-refractivity contribution >= 4 is 5.78 Å². The summed E-state index contributed by atoms with van der Waals surface area (Å²) in [7, 11) is 3.26. The molecule has 1 saturated carbocycles. The zero-order valence-electron chi connectivity index (χ0n) is 12.0. The number of rotatable bonds is 2. The van der Waals surface area contributed by atoms with E-state index >= 15 is 0 Å². The lowest BCUT2D eigenvalue weighted by molar-refractivity contribution is -0.263. The van der Waals surface area contributed by atoms with Gasteiger partial charge in [0, 0.05) is 37.2 Å². The highest BCUT2D eigenvalue weighted by Gasteiger charge is 2.94. The molecule has 0 N–H and O–H groups in total. The summed E-state index contributed by atoms with van der Waals surface area (Å²) in [5, 5.41) is 0. The summed E-state index contributed by atoms with van der Waals surface area (Å²) in [6, 6.07) is 7.55. The Balaban J connectivity index is 1.87. The summed E-state index contributed by atoms with van der Waals surface area (Å²) < 4.78 is 18.0. The topological polar surface area (TPSA) is 48.1 Å². The van der Waals surface area contributed by atoms with Crippen LogP contribution in [-0.2, 0) is 20.0 Å². The first kappa shape index (κ1) is 12.1. The van der Waals surface area contributed by atoms with Gasteiger partial charge in [-0.1, -0.05) is 36.4 Å². The van der Waals surface area contributed by atoms with Crippen LogP contribution in [0, 0.1) is 11.8 Å². The third kappa shape index (κ3) is 0.909. The molecule has 1 aromatic rings. The summed E-state index contributed by atoms with van der Waals surface area (Å²) in [5.41, 5.74) is -0.0365. The summed E-state index contributed by atoms with van der Waals surface area (Å²) in [6.45, 7) is 0. The number of carbonyl (C=O) groups excluding carboxylic acids is 1. The van der Waals surface area contributed by atoms with Gasteiger partial charge in [-0.05, 0) is 6.42 Å². The van der Waals surface area contributed by atoms with Gasteiger partial charge in [0.2, 0.25) is 5.79 Å². The molecular formula is C17H16O4. The molecule has 4 nitrogen and oxygen atoms in total. The summed E-state index contributed by atoms with van der Waals surface area (Å²) in [5.74, 6) is -0.630. The Morgan fingerprint density at radius 3 is 2.62 bits per heavy atom. The fraction of sp³-hybridized carbons (Fsp3) is 0.471. The lowest BCUT2D eigenvalue weighted by Gasteiger charge is -2.43. The average Bonchev–Trinajstić information content (AvgIpc) is 2.94. The van der Waals surface area contributed by atoms with E-state index in [9.17, 15) is 4.79 Å². The van der Waals surface area contributed by atoms with Gasteiger partial charge < -0.3 is 14.2 Å². The van der Waals surface area contributed by atoms with E-state index in [4.69, 9.17) is 14.2 Å². The van der Waals surface area contributed by atoms with Crippen LogP contribution >= 0.6 is 0 Å². The molecule has 4 heteroatoms. The van der Waals surface area contributed by atoms with Gasteiger partial charge in [0.1, 0.15) is 0 Å². The molecule has 0 radical (unpaired) electrons. The number of benzene rings is 1. The molecule has 0 spiro atoms. The van der Waals surface area contributed by atoms with Crippen LogP contribution in [0.4, 0.5) is 0 Å². The molecule has 2 fully saturated rings. The van der Waals surface area contributed by atoms with Crippen molar-refractivity contribution in [3.05, 3.63) is 47.5 Å². The maximum atomic E-state index is 13.1. The van der Waals surface area contributed by atoms with Crippen LogP contribution < -0.4 is 0 Å². The maximum absolute atomic E-state index is 13.1. The fourth-order valence-electron chi connectivity index (χ4n) is 5.15.